The minimum atomic E-state index is -1.21. The van der Waals surface area contributed by atoms with Gasteiger partial charge in [-0.25, -0.2) is 14.4 Å². The molecule has 0 fully saturated rings. The molecule has 0 aliphatic rings. The average molecular weight is 435 g/mol. The lowest BCUT2D eigenvalue weighted by molar-refractivity contribution is -0.139. The van der Waals surface area contributed by atoms with Gasteiger partial charge in [-0.1, -0.05) is 30.3 Å². The minimum Gasteiger partial charge on any atom is -0.480 e. The molecule has 0 saturated heterocycles. The van der Waals surface area contributed by atoms with Gasteiger partial charge in [0.25, 0.3) is 0 Å². The monoisotopic (exact) mass is 434 g/mol. The molecule has 1 atom stereocenters. The lowest BCUT2D eigenvalue weighted by atomic mass is 10.1. The number of carboxylic acids is 1. The van der Waals surface area contributed by atoms with Gasteiger partial charge in [0.05, 0.1) is 0 Å². The SMILES string of the molecule is O=C(N[C@H](Cc1cc(Br)c2[nH]c(=O)oc2c1)C(=O)O)OCc1ccccc1. The molecule has 0 saturated carbocycles. The molecular formula is C18H15BrN2O6. The van der Waals surface area contributed by atoms with Crippen LogP contribution in [0.5, 0.6) is 0 Å². The number of halogens is 1. The van der Waals surface area contributed by atoms with Crippen molar-refractivity contribution < 1.29 is 23.8 Å². The Morgan fingerprint density at radius 1 is 1.22 bits per heavy atom. The number of fused-ring (bicyclic) bond motifs is 1. The molecule has 0 unspecified atom stereocenters. The highest BCUT2D eigenvalue weighted by Crippen LogP contribution is 2.24. The zero-order valence-corrected chi connectivity index (χ0v) is 15.5. The first kappa shape index (κ1) is 18.7. The molecule has 27 heavy (non-hydrogen) atoms. The molecule has 1 heterocycles. The summed E-state index contributed by atoms with van der Waals surface area (Å²) in [6.45, 7) is 0.0328. The van der Waals surface area contributed by atoms with Crippen molar-refractivity contribution in [3.05, 3.63) is 68.6 Å². The van der Waals surface area contributed by atoms with Gasteiger partial charge in [0, 0.05) is 10.9 Å². The first-order valence-corrected chi connectivity index (χ1v) is 8.73. The Kier molecular flexibility index (Phi) is 5.60. The van der Waals surface area contributed by atoms with Crippen LogP contribution in [0.25, 0.3) is 11.1 Å². The van der Waals surface area contributed by atoms with Gasteiger partial charge >= 0.3 is 17.8 Å². The second-order valence-corrected chi connectivity index (χ2v) is 6.62. The number of rotatable bonds is 6. The van der Waals surface area contributed by atoms with Crippen molar-refractivity contribution in [2.75, 3.05) is 0 Å². The molecule has 3 aromatic rings. The number of carbonyl (C=O) groups excluding carboxylic acids is 1. The Bertz CT molecular complexity index is 1030. The molecule has 0 spiro atoms. The summed E-state index contributed by atoms with van der Waals surface area (Å²) in [5.41, 5.74) is 2.12. The van der Waals surface area contributed by atoms with E-state index in [2.05, 4.69) is 26.2 Å². The number of ether oxygens (including phenoxy) is 1. The molecule has 3 N–H and O–H groups in total. The van der Waals surface area contributed by atoms with Gasteiger partial charge in [-0.15, -0.1) is 0 Å². The van der Waals surface area contributed by atoms with Crippen LogP contribution in [0.2, 0.25) is 0 Å². The standard InChI is InChI=1S/C18H15BrN2O6/c19-12-6-11(8-14-15(12)21-18(25)27-14)7-13(16(22)23)20-17(24)26-9-10-4-2-1-3-5-10/h1-6,8,13H,7,9H2,(H,20,24)(H,21,25)(H,22,23)/t13-/m1/s1. The number of nitrogens with one attached hydrogen (secondary N) is 2. The maximum Gasteiger partial charge on any atom is 0.417 e. The van der Waals surface area contributed by atoms with Crippen molar-refractivity contribution in [2.24, 2.45) is 0 Å². The van der Waals surface area contributed by atoms with E-state index >= 15 is 0 Å². The Hall–Kier alpha value is -3.07. The molecule has 2 aromatic carbocycles. The van der Waals surface area contributed by atoms with Crippen molar-refractivity contribution in [3.8, 4) is 0 Å². The van der Waals surface area contributed by atoms with Gasteiger partial charge in [0.1, 0.15) is 18.2 Å². The highest BCUT2D eigenvalue weighted by molar-refractivity contribution is 9.10. The number of benzene rings is 2. The van der Waals surface area contributed by atoms with Gasteiger partial charge in [0.15, 0.2) is 5.58 Å². The summed E-state index contributed by atoms with van der Waals surface area (Å²) in [6.07, 6.45) is -0.848. The molecule has 3 rings (SSSR count). The van der Waals surface area contributed by atoms with E-state index in [1.54, 1.807) is 24.3 Å². The maximum absolute atomic E-state index is 11.9. The van der Waals surface area contributed by atoms with E-state index in [-0.39, 0.29) is 13.0 Å². The molecule has 0 radical (unpaired) electrons. The average Bonchev–Trinajstić information content (AvgIpc) is 3.01. The van der Waals surface area contributed by atoms with Crippen molar-refractivity contribution in [1.29, 1.82) is 0 Å². The van der Waals surface area contributed by atoms with Crippen molar-refractivity contribution in [1.82, 2.24) is 10.3 Å². The Labute approximate surface area is 161 Å². The van der Waals surface area contributed by atoms with E-state index in [4.69, 9.17) is 9.15 Å². The minimum absolute atomic E-state index is 0.0147. The highest BCUT2D eigenvalue weighted by Gasteiger charge is 2.22. The molecule has 9 heteroatoms. The third kappa shape index (κ3) is 4.76. The van der Waals surface area contributed by atoms with Crippen LogP contribution in [0.15, 0.2) is 56.1 Å². The third-order valence-corrected chi connectivity index (χ3v) is 4.41. The Morgan fingerprint density at radius 2 is 1.96 bits per heavy atom. The second-order valence-electron chi connectivity index (χ2n) is 5.77. The molecule has 1 aromatic heterocycles. The van der Waals surface area contributed by atoms with Gasteiger partial charge in [-0.2, -0.15) is 0 Å². The van der Waals surface area contributed by atoms with Crippen LogP contribution < -0.4 is 11.1 Å². The van der Waals surface area contributed by atoms with Crippen LogP contribution in [0.4, 0.5) is 4.79 Å². The van der Waals surface area contributed by atoms with Crippen LogP contribution in [0, 0.1) is 0 Å². The topological polar surface area (TPSA) is 122 Å². The van der Waals surface area contributed by atoms with E-state index in [1.165, 1.54) is 0 Å². The third-order valence-electron chi connectivity index (χ3n) is 3.79. The normalized spacial score (nSPS) is 11.9. The summed E-state index contributed by atoms with van der Waals surface area (Å²) in [7, 11) is 0. The molecule has 0 aliphatic carbocycles. The largest absolute Gasteiger partial charge is 0.480 e. The number of aromatic amines is 1. The van der Waals surface area contributed by atoms with E-state index in [0.717, 1.165) is 5.56 Å². The second kappa shape index (κ2) is 8.09. The molecule has 8 nitrogen and oxygen atoms in total. The predicted octanol–water partition coefficient (Wildman–Crippen LogP) is 2.81. The van der Waals surface area contributed by atoms with Crippen molar-refractivity contribution in [3.63, 3.8) is 0 Å². The maximum atomic E-state index is 11.9. The van der Waals surface area contributed by atoms with Crippen molar-refractivity contribution in [2.45, 2.75) is 19.1 Å². The molecule has 0 aliphatic heterocycles. The van der Waals surface area contributed by atoms with Gasteiger partial charge in [-0.05, 0) is 39.2 Å². The number of aliphatic carboxylic acids is 1. The van der Waals surface area contributed by atoms with E-state index in [1.807, 2.05) is 18.2 Å². The zero-order valence-electron chi connectivity index (χ0n) is 13.9. The summed E-state index contributed by atoms with van der Waals surface area (Å²) in [5, 5.41) is 11.7. The molecule has 140 valence electrons. The number of amides is 1. The smallest absolute Gasteiger partial charge is 0.417 e. The molecule has 0 bridgehead atoms. The lowest BCUT2D eigenvalue weighted by Crippen LogP contribution is -2.42. The first-order chi connectivity index (χ1) is 12.9. The van der Waals surface area contributed by atoms with Gasteiger partial charge < -0.3 is 19.6 Å². The van der Waals surface area contributed by atoms with E-state index in [0.29, 0.717) is 21.1 Å². The van der Waals surface area contributed by atoms with Crippen LogP contribution in [0.3, 0.4) is 0 Å². The van der Waals surface area contributed by atoms with Crippen molar-refractivity contribution >= 4 is 39.1 Å². The van der Waals surface area contributed by atoms with Gasteiger partial charge in [0.2, 0.25) is 0 Å². The number of hydrogen-bond donors (Lipinski definition) is 3. The van der Waals surface area contributed by atoms with Crippen LogP contribution in [0.1, 0.15) is 11.1 Å². The van der Waals surface area contributed by atoms with Crippen LogP contribution in [-0.2, 0) is 22.6 Å². The van der Waals surface area contributed by atoms with Crippen LogP contribution >= 0.6 is 15.9 Å². The summed E-state index contributed by atoms with van der Waals surface area (Å²) in [5.74, 6) is -1.82. The number of carboxylic acid groups (broad SMARTS) is 1. The van der Waals surface area contributed by atoms with Gasteiger partial charge in [-0.3, -0.25) is 4.98 Å². The number of H-pyrrole nitrogens is 1. The summed E-state index contributed by atoms with van der Waals surface area (Å²) in [4.78, 5) is 37.3. The summed E-state index contributed by atoms with van der Waals surface area (Å²) >= 11 is 3.30. The highest BCUT2D eigenvalue weighted by atomic mass is 79.9. The number of hydrogen-bond acceptors (Lipinski definition) is 5. The number of oxazole rings is 1. The quantitative estimate of drug-likeness (QED) is 0.548. The van der Waals surface area contributed by atoms with Crippen LogP contribution in [-0.4, -0.2) is 28.2 Å². The fourth-order valence-electron chi connectivity index (χ4n) is 2.52. The van der Waals surface area contributed by atoms with E-state index in [9.17, 15) is 19.5 Å². The number of alkyl carbamates (subject to hydrolysis) is 1. The summed E-state index contributed by atoms with van der Waals surface area (Å²) in [6, 6.07) is 11.0. The fraction of sp³-hybridized carbons (Fsp3) is 0.167. The fourth-order valence-corrected chi connectivity index (χ4v) is 3.11. The molecular weight excluding hydrogens is 420 g/mol. The molecule has 1 amide bonds. The Morgan fingerprint density at radius 3 is 2.67 bits per heavy atom. The summed E-state index contributed by atoms with van der Waals surface area (Å²) < 4.78 is 10.6. The Balaban J connectivity index is 1.67. The number of carbonyl (C=O) groups is 2. The zero-order chi connectivity index (χ0) is 19.4. The first-order valence-electron chi connectivity index (χ1n) is 7.93. The number of aromatic nitrogens is 1. The lowest BCUT2D eigenvalue weighted by Gasteiger charge is -2.15. The predicted molar refractivity (Wildman–Crippen MR) is 99.4 cm³/mol. The van der Waals surface area contributed by atoms with E-state index < -0.39 is 23.9 Å².